The van der Waals surface area contributed by atoms with E-state index in [2.05, 4.69) is 10.2 Å². The predicted octanol–water partition coefficient (Wildman–Crippen LogP) is 3.63. The van der Waals surface area contributed by atoms with Crippen molar-refractivity contribution in [3.63, 3.8) is 0 Å². The second-order valence-corrected chi connectivity index (χ2v) is 6.67. The lowest BCUT2D eigenvalue weighted by molar-refractivity contribution is -0.137. The normalized spacial score (nSPS) is 14.8. The van der Waals surface area contributed by atoms with Crippen molar-refractivity contribution in [3.8, 4) is 0 Å². The first-order chi connectivity index (χ1) is 11.3. The Balaban J connectivity index is 2.01. The molecule has 1 aromatic heterocycles. The lowest BCUT2D eigenvalue weighted by Gasteiger charge is -2.11. The van der Waals surface area contributed by atoms with Crippen molar-refractivity contribution in [1.82, 2.24) is 10.2 Å². The minimum absolute atomic E-state index is 0.00282. The summed E-state index contributed by atoms with van der Waals surface area (Å²) in [5.41, 5.74) is -0.721. The summed E-state index contributed by atoms with van der Waals surface area (Å²) in [6, 6.07) is 2.96. The maximum Gasteiger partial charge on any atom is 0.416 e. The number of alkyl halides is 3. The van der Waals surface area contributed by atoms with Gasteiger partial charge in [0.1, 0.15) is 5.56 Å². The largest absolute Gasteiger partial charge is 0.416 e. The summed E-state index contributed by atoms with van der Waals surface area (Å²) in [7, 11) is 0. The number of ketones is 1. The highest BCUT2D eigenvalue weighted by Crippen LogP contribution is 2.35. The van der Waals surface area contributed by atoms with Crippen LogP contribution in [0.3, 0.4) is 0 Å². The van der Waals surface area contributed by atoms with Gasteiger partial charge < -0.3 is 5.10 Å². The summed E-state index contributed by atoms with van der Waals surface area (Å²) in [4.78, 5) is 24.9. The second kappa shape index (κ2) is 6.16. The van der Waals surface area contributed by atoms with Crippen molar-refractivity contribution in [3.05, 3.63) is 50.9 Å². The number of hydrogen-bond donors (Lipinski definition) is 2. The third-order valence-corrected chi connectivity index (χ3v) is 4.82. The summed E-state index contributed by atoms with van der Waals surface area (Å²) in [6.07, 6.45) is -0.184. The van der Waals surface area contributed by atoms with Crippen molar-refractivity contribution < 1.29 is 18.0 Å². The number of aromatic nitrogens is 2. The number of carbonyl (C=O) groups excluding carboxylic acids is 1. The van der Waals surface area contributed by atoms with Gasteiger partial charge >= 0.3 is 6.18 Å². The Hall–Kier alpha value is -1.96. The smallest absolute Gasteiger partial charge is 0.301 e. The molecule has 1 heterocycles. The van der Waals surface area contributed by atoms with E-state index in [1.165, 1.54) is 0 Å². The Morgan fingerprint density at radius 1 is 1.29 bits per heavy atom. The highest BCUT2D eigenvalue weighted by atomic mass is 32.2. The van der Waals surface area contributed by atoms with Gasteiger partial charge in [0.05, 0.1) is 5.56 Å². The number of nitrogens with one attached hydrogen (secondary N) is 2. The Morgan fingerprint density at radius 3 is 2.58 bits per heavy atom. The zero-order valence-corrected chi connectivity index (χ0v) is 13.6. The molecule has 128 valence electrons. The third-order valence-electron chi connectivity index (χ3n) is 4.05. The molecule has 1 aliphatic rings. The van der Waals surface area contributed by atoms with Gasteiger partial charge in [0.2, 0.25) is 5.78 Å². The molecule has 0 amide bonds. The topological polar surface area (TPSA) is 65.7 Å². The number of halogens is 3. The Kier molecular flexibility index (Phi) is 4.33. The maximum absolute atomic E-state index is 12.8. The van der Waals surface area contributed by atoms with Crippen LogP contribution in [0.1, 0.15) is 40.0 Å². The molecule has 3 rings (SSSR count). The van der Waals surface area contributed by atoms with Crippen LogP contribution >= 0.6 is 11.8 Å². The summed E-state index contributed by atoms with van der Waals surface area (Å²) in [6.45, 7) is 0. The summed E-state index contributed by atoms with van der Waals surface area (Å²) >= 11 is 1.05. The van der Waals surface area contributed by atoms with Crippen molar-refractivity contribution in [2.45, 2.75) is 30.3 Å². The zero-order valence-electron chi connectivity index (χ0n) is 12.8. The molecule has 0 bridgehead atoms. The first-order valence-corrected chi connectivity index (χ1v) is 8.63. The first kappa shape index (κ1) is 16.9. The van der Waals surface area contributed by atoms with Gasteiger partial charge in [-0.3, -0.25) is 14.7 Å². The van der Waals surface area contributed by atoms with Gasteiger partial charge in [-0.2, -0.15) is 13.2 Å². The molecule has 24 heavy (non-hydrogen) atoms. The van der Waals surface area contributed by atoms with Crippen molar-refractivity contribution >= 4 is 17.5 Å². The van der Waals surface area contributed by atoms with Crippen LogP contribution in [-0.4, -0.2) is 22.2 Å². The van der Waals surface area contributed by atoms with Gasteiger partial charge in [-0.1, -0.05) is 0 Å². The van der Waals surface area contributed by atoms with Crippen LogP contribution in [0, 0.1) is 5.92 Å². The van der Waals surface area contributed by atoms with Crippen LogP contribution in [0.5, 0.6) is 0 Å². The number of rotatable bonds is 5. The molecule has 2 aromatic rings. The minimum Gasteiger partial charge on any atom is -0.301 e. The molecule has 1 aromatic carbocycles. The summed E-state index contributed by atoms with van der Waals surface area (Å²) < 4.78 is 38.5. The van der Waals surface area contributed by atoms with Crippen molar-refractivity contribution in [2.24, 2.45) is 5.92 Å². The van der Waals surface area contributed by atoms with Crippen LogP contribution in [0.25, 0.3) is 0 Å². The van der Waals surface area contributed by atoms with Gasteiger partial charge in [0.25, 0.3) is 5.56 Å². The molecule has 0 saturated heterocycles. The number of thioether (sulfide) groups is 1. The fourth-order valence-electron chi connectivity index (χ4n) is 2.59. The molecule has 2 N–H and O–H groups in total. The van der Waals surface area contributed by atoms with Crippen molar-refractivity contribution in [2.75, 3.05) is 6.26 Å². The summed E-state index contributed by atoms with van der Waals surface area (Å²) in [5.74, 6) is -0.0955. The number of benzene rings is 1. The van der Waals surface area contributed by atoms with Crippen LogP contribution in [0.4, 0.5) is 13.2 Å². The van der Waals surface area contributed by atoms with Gasteiger partial charge in [0, 0.05) is 16.2 Å². The maximum atomic E-state index is 12.8. The Labute approximate surface area is 139 Å². The van der Waals surface area contributed by atoms with E-state index in [4.69, 9.17) is 0 Å². The Morgan fingerprint density at radius 2 is 2.00 bits per heavy atom. The molecule has 1 fully saturated rings. The van der Waals surface area contributed by atoms with Gasteiger partial charge in [-0.15, -0.1) is 11.8 Å². The molecule has 0 spiro atoms. The number of aromatic amines is 2. The van der Waals surface area contributed by atoms with Crippen LogP contribution in [-0.2, 0) is 12.6 Å². The average molecular weight is 356 g/mol. The molecule has 0 aliphatic heterocycles. The lowest BCUT2D eigenvalue weighted by Crippen LogP contribution is -2.16. The Bertz CT molecular complexity index is 835. The van der Waals surface area contributed by atoms with E-state index >= 15 is 0 Å². The first-order valence-electron chi connectivity index (χ1n) is 7.40. The molecule has 0 radical (unpaired) electrons. The molecule has 0 atom stereocenters. The number of hydrogen-bond acceptors (Lipinski definition) is 3. The fraction of sp³-hybridized carbons (Fsp3) is 0.375. The van der Waals surface area contributed by atoms with E-state index in [1.807, 2.05) is 0 Å². The van der Waals surface area contributed by atoms with Crippen LogP contribution in [0.2, 0.25) is 0 Å². The SMILES string of the molecule is CSc1cc(C(F)(F)F)ccc1C(=O)c1c(CC2CC2)[nH][nH]c1=O. The highest BCUT2D eigenvalue weighted by Gasteiger charge is 2.32. The highest BCUT2D eigenvalue weighted by molar-refractivity contribution is 7.98. The predicted molar refractivity (Wildman–Crippen MR) is 84.5 cm³/mol. The van der Waals surface area contributed by atoms with Gasteiger partial charge in [0.15, 0.2) is 0 Å². The number of carbonyl (C=O) groups is 1. The zero-order chi connectivity index (χ0) is 17.5. The molecule has 0 unspecified atom stereocenters. The molecule has 4 nitrogen and oxygen atoms in total. The lowest BCUT2D eigenvalue weighted by atomic mass is 10.00. The molecule has 1 saturated carbocycles. The van der Waals surface area contributed by atoms with E-state index in [0.717, 1.165) is 42.8 Å². The van der Waals surface area contributed by atoms with E-state index < -0.39 is 23.1 Å². The van der Waals surface area contributed by atoms with Crippen molar-refractivity contribution in [1.29, 1.82) is 0 Å². The van der Waals surface area contributed by atoms with Crippen LogP contribution in [0.15, 0.2) is 27.9 Å². The van der Waals surface area contributed by atoms with E-state index in [-0.39, 0.29) is 16.0 Å². The molecule has 1 aliphatic carbocycles. The van der Waals surface area contributed by atoms with E-state index in [9.17, 15) is 22.8 Å². The average Bonchev–Trinajstić information content (AvgIpc) is 3.27. The van der Waals surface area contributed by atoms with Gasteiger partial charge in [-0.05, 0) is 49.6 Å². The molecule has 8 heteroatoms. The van der Waals surface area contributed by atoms with Crippen LogP contribution < -0.4 is 5.56 Å². The fourth-order valence-corrected chi connectivity index (χ4v) is 3.21. The van der Waals surface area contributed by atoms with E-state index in [1.54, 1.807) is 6.26 Å². The monoisotopic (exact) mass is 356 g/mol. The third kappa shape index (κ3) is 3.28. The summed E-state index contributed by atoms with van der Waals surface area (Å²) in [5, 5.41) is 5.13. The van der Waals surface area contributed by atoms with E-state index in [0.29, 0.717) is 18.0 Å². The standard InChI is InChI=1S/C16H15F3N2O2S/c1-24-12-7-9(16(17,18)19)4-5-10(12)14(22)13-11(6-8-2-3-8)20-21-15(13)23/h4-5,7-8H,2-3,6H2,1H3,(H2,20,21,23). The minimum atomic E-state index is -4.48. The number of H-pyrrole nitrogens is 2. The second-order valence-electron chi connectivity index (χ2n) is 5.82. The molecular formula is C16H15F3N2O2S. The molecular weight excluding hydrogens is 341 g/mol. The van der Waals surface area contributed by atoms with Gasteiger partial charge in [-0.25, -0.2) is 0 Å². The quantitative estimate of drug-likeness (QED) is 0.635.